The summed E-state index contributed by atoms with van der Waals surface area (Å²) in [4.78, 5) is 20.4. The average molecular weight is 237 g/mol. The number of aliphatic hydroxyl groups excluding tert-OH is 1. The van der Waals surface area contributed by atoms with E-state index in [-0.39, 0.29) is 12.2 Å². The van der Waals surface area contributed by atoms with Gasteiger partial charge in [-0.3, -0.25) is 9.69 Å². The summed E-state index contributed by atoms with van der Waals surface area (Å²) in [7, 11) is 0. The van der Waals surface area contributed by atoms with E-state index in [0.717, 1.165) is 12.1 Å². The van der Waals surface area contributed by atoms with E-state index < -0.39 is 0 Å². The first-order valence-corrected chi connectivity index (χ1v) is 5.72. The predicted octanol–water partition coefficient (Wildman–Crippen LogP) is 0.313. The van der Waals surface area contributed by atoms with Gasteiger partial charge in [0.2, 0.25) is 0 Å². The van der Waals surface area contributed by atoms with E-state index in [4.69, 9.17) is 5.11 Å². The van der Waals surface area contributed by atoms with Crippen LogP contribution < -0.4 is 5.56 Å². The van der Waals surface area contributed by atoms with Crippen molar-refractivity contribution in [3.63, 3.8) is 0 Å². The van der Waals surface area contributed by atoms with E-state index in [0.29, 0.717) is 25.5 Å². The minimum absolute atomic E-state index is 0.0749. The molecule has 0 spiro atoms. The van der Waals surface area contributed by atoms with Crippen LogP contribution in [0, 0.1) is 0 Å². The third kappa shape index (κ3) is 4.50. The van der Waals surface area contributed by atoms with Crippen LogP contribution in [0.3, 0.4) is 0 Å². The maximum atomic E-state index is 11.4. The van der Waals surface area contributed by atoms with Gasteiger partial charge >= 0.3 is 0 Å². The smallest absolute Gasteiger partial charge is 0.251 e. The fourth-order valence-electron chi connectivity index (χ4n) is 1.59. The van der Waals surface area contributed by atoms with Gasteiger partial charge in [-0.05, 0) is 6.42 Å². The average Bonchev–Trinajstić information content (AvgIpc) is 2.29. The molecule has 1 aromatic heterocycles. The van der Waals surface area contributed by atoms with Gasteiger partial charge in [0.15, 0.2) is 0 Å². The van der Waals surface area contributed by atoms with Crippen molar-refractivity contribution in [3.8, 4) is 0 Å². The monoisotopic (exact) mass is 237 g/mol. The largest absolute Gasteiger partial charge is 0.395 e. The number of rotatable bonds is 7. The third-order valence-corrected chi connectivity index (χ3v) is 2.38. The molecule has 0 aliphatic carbocycles. The molecule has 0 atom stereocenters. The summed E-state index contributed by atoms with van der Waals surface area (Å²) in [6, 6.07) is 1.51. The molecule has 0 fully saturated rings. The Morgan fingerprint density at radius 3 is 3.00 bits per heavy atom. The van der Waals surface area contributed by atoms with Crippen molar-refractivity contribution >= 4 is 0 Å². The van der Waals surface area contributed by atoms with Gasteiger partial charge in [0.05, 0.1) is 13.2 Å². The van der Waals surface area contributed by atoms with Crippen LogP contribution in [0.5, 0.6) is 0 Å². The summed E-state index contributed by atoms with van der Waals surface area (Å²) >= 11 is 0. The zero-order chi connectivity index (χ0) is 12.7. The molecule has 0 unspecified atom stereocenters. The number of hydrogen-bond donors (Lipinski definition) is 2. The van der Waals surface area contributed by atoms with Crippen molar-refractivity contribution < 1.29 is 5.11 Å². The van der Waals surface area contributed by atoms with Crippen LogP contribution in [0.2, 0.25) is 0 Å². The Balaban J connectivity index is 2.80. The molecular formula is C12H19N3O2. The molecule has 0 aliphatic heterocycles. The number of hydrogen-bond acceptors (Lipinski definition) is 4. The molecule has 0 amide bonds. The van der Waals surface area contributed by atoms with Crippen molar-refractivity contribution in [1.29, 1.82) is 0 Å². The van der Waals surface area contributed by atoms with Crippen LogP contribution in [0.1, 0.15) is 18.4 Å². The summed E-state index contributed by atoms with van der Waals surface area (Å²) in [5.74, 6) is 0.629. The highest BCUT2D eigenvalue weighted by atomic mass is 16.3. The Kier molecular flexibility index (Phi) is 5.59. The molecule has 2 N–H and O–H groups in total. The van der Waals surface area contributed by atoms with Crippen LogP contribution in [0.15, 0.2) is 23.5 Å². The second-order valence-corrected chi connectivity index (χ2v) is 3.78. The number of nitrogens with zero attached hydrogens (tertiary/aromatic N) is 2. The Morgan fingerprint density at radius 2 is 2.41 bits per heavy atom. The lowest BCUT2D eigenvalue weighted by atomic mass is 10.3. The van der Waals surface area contributed by atoms with Crippen molar-refractivity contribution in [1.82, 2.24) is 14.9 Å². The highest BCUT2D eigenvalue weighted by molar-refractivity contribution is 5.02. The van der Waals surface area contributed by atoms with E-state index in [9.17, 15) is 4.79 Å². The van der Waals surface area contributed by atoms with Gasteiger partial charge in [0.25, 0.3) is 5.56 Å². The second kappa shape index (κ2) is 6.98. The summed E-state index contributed by atoms with van der Waals surface area (Å²) in [6.45, 7) is 7.39. The molecular weight excluding hydrogens is 218 g/mol. The number of aryl methyl sites for hydroxylation is 1. The fraction of sp³-hybridized carbons (Fsp3) is 0.500. The Bertz CT molecular complexity index is 414. The molecule has 0 radical (unpaired) electrons. The minimum Gasteiger partial charge on any atom is -0.395 e. The van der Waals surface area contributed by atoms with E-state index in [1.807, 2.05) is 11.8 Å². The van der Waals surface area contributed by atoms with Crippen molar-refractivity contribution in [3.05, 3.63) is 40.6 Å². The maximum Gasteiger partial charge on any atom is 0.251 e. The Morgan fingerprint density at radius 1 is 1.65 bits per heavy atom. The quantitative estimate of drug-likeness (QED) is 0.670. The molecule has 0 aliphatic rings. The molecule has 0 saturated carbocycles. The SMILES string of the molecule is C=CCN(CCO)Cc1nc(CC)cc(=O)[nH]1. The summed E-state index contributed by atoms with van der Waals surface area (Å²) in [5, 5.41) is 8.93. The molecule has 17 heavy (non-hydrogen) atoms. The summed E-state index contributed by atoms with van der Waals surface area (Å²) in [6.07, 6.45) is 2.50. The van der Waals surface area contributed by atoms with Gasteiger partial charge in [-0.15, -0.1) is 6.58 Å². The third-order valence-electron chi connectivity index (χ3n) is 2.38. The maximum absolute atomic E-state index is 11.4. The normalized spacial score (nSPS) is 10.8. The molecule has 1 rings (SSSR count). The second-order valence-electron chi connectivity index (χ2n) is 3.78. The van der Waals surface area contributed by atoms with Gasteiger partial charge in [-0.2, -0.15) is 0 Å². The summed E-state index contributed by atoms with van der Waals surface area (Å²) < 4.78 is 0. The Hall–Kier alpha value is -1.46. The highest BCUT2D eigenvalue weighted by Crippen LogP contribution is 1.99. The van der Waals surface area contributed by atoms with Crippen LogP contribution in [0.4, 0.5) is 0 Å². The summed E-state index contributed by atoms with van der Waals surface area (Å²) in [5.41, 5.74) is 0.653. The number of H-pyrrole nitrogens is 1. The molecule has 5 heteroatoms. The first-order chi connectivity index (χ1) is 8.19. The van der Waals surface area contributed by atoms with Gasteiger partial charge < -0.3 is 10.1 Å². The lowest BCUT2D eigenvalue weighted by Gasteiger charge is -2.18. The molecule has 1 aromatic rings. The van der Waals surface area contributed by atoms with E-state index in [1.165, 1.54) is 6.07 Å². The van der Waals surface area contributed by atoms with Crippen molar-refractivity contribution in [2.24, 2.45) is 0 Å². The lowest BCUT2D eigenvalue weighted by molar-refractivity contribution is 0.200. The van der Waals surface area contributed by atoms with Crippen LogP contribution in [0.25, 0.3) is 0 Å². The fourth-order valence-corrected chi connectivity index (χ4v) is 1.59. The standard InChI is InChI=1S/C12H19N3O2/c1-3-5-15(6-7-16)9-11-13-10(4-2)8-12(17)14-11/h3,8,16H,1,4-7,9H2,2H3,(H,13,14,17). The molecule has 5 nitrogen and oxygen atoms in total. The van der Waals surface area contributed by atoms with Crippen LogP contribution in [-0.2, 0) is 13.0 Å². The molecule has 0 aromatic carbocycles. The molecule has 1 heterocycles. The van der Waals surface area contributed by atoms with E-state index >= 15 is 0 Å². The molecule has 0 saturated heterocycles. The van der Waals surface area contributed by atoms with E-state index in [2.05, 4.69) is 16.5 Å². The number of aromatic amines is 1. The first kappa shape index (κ1) is 13.6. The highest BCUT2D eigenvalue weighted by Gasteiger charge is 2.06. The van der Waals surface area contributed by atoms with Crippen molar-refractivity contribution in [2.75, 3.05) is 19.7 Å². The Labute approximate surface area is 101 Å². The van der Waals surface area contributed by atoms with Gasteiger partial charge in [0.1, 0.15) is 5.82 Å². The van der Waals surface area contributed by atoms with Gasteiger partial charge in [-0.1, -0.05) is 13.0 Å². The van der Waals surface area contributed by atoms with E-state index in [1.54, 1.807) is 6.08 Å². The number of aromatic nitrogens is 2. The zero-order valence-electron chi connectivity index (χ0n) is 10.1. The molecule has 0 bridgehead atoms. The van der Waals surface area contributed by atoms with Crippen molar-refractivity contribution in [2.45, 2.75) is 19.9 Å². The van der Waals surface area contributed by atoms with Crippen LogP contribution in [-0.4, -0.2) is 39.7 Å². The van der Waals surface area contributed by atoms with Gasteiger partial charge in [0, 0.05) is 24.8 Å². The lowest BCUT2D eigenvalue weighted by Crippen LogP contribution is -2.28. The first-order valence-electron chi connectivity index (χ1n) is 5.72. The predicted molar refractivity (Wildman–Crippen MR) is 66.8 cm³/mol. The zero-order valence-corrected chi connectivity index (χ0v) is 10.1. The van der Waals surface area contributed by atoms with Crippen LogP contribution >= 0.6 is 0 Å². The molecule has 94 valence electrons. The number of nitrogens with one attached hydrogen (secondary N) is 1. The minimum atomic E-state index is -0.130. The number of aliphatic hydroxyl groups is 1. The van der Waals surface area contributed by atoms with Gasteiger partial charge in [-0.25, -0.2) is 4.98 Å². The topological polar surface area (TPSA) is 69.2 Å².